The second kappa shape index (κ2) is 7.60. The molecule has 1 fully saturated rings. The quantitative estimate of drug-likeness (QED) is 0.720. The number of hydrogen-bond donors (Lipinski definition) is 2. The van der Waals surface area contributed by atoms with E-state index in [0.717, 1.165) is 0 Å². The molecule has 1 aliphatic heterocycles. The van der Waals surface area contributed by atoms with Crippen LogP contribution < -0.4 is 11.1 Å². The number of anilines is 1. The number of carbonyl (C=O) groups excluding carboxylic acids is 2. The van der Waals surface area contributed by atoms with Gasteiger partial charge in [0.05, 0.1) is 36.4 Å². The van der Waals surface area contributed by atoms with Crippen molar-refractivity contribution >= 4 is 38.0 Å². The van der Waals surface area contributed by atoms with Crippen LogP contribution in [0.4, 0.5) is 5.00 Å². The summed E-state index contributed by atoms with van der Waals surface area (Å²) in [6.07, 6.45) is 2.01. The third kappa shape index (κ3) is 4.51. The largest absolute Gasteiger partial charge is 0.468 e. The molecule has 1 saturated heterocycles. The highest BCUT2D eigenvalue weighted by molar-refractivity contribution is 7.91. The van der Waals surface area contributed by atoms with Crippen LogP contribution in [0.2, 0.25) is 0 Å². The number of primary amides is 1. The predicted octanol–water partition coefficient (Wildman–Crippen LogP) is 1.07. The fourth-order valence-electron chi connectivity index (χ4n) is 2.93. The molecular formula is C16H19N3O5S2. The second-order valence-corrected chi connectivity index (χ2v) is 9.26. The van der Waals surface area contributed by atoms with Gasteiger partial charge in [0.1, 0.15) is 10.8 Å². The number of nitrogens with two attached hydrogens (primary N) is 1. The molecular weight excluding hydrogens is 378 g/mol. The lowest BCUT2D eigenvalue weighted by atomic mass is 10.2. The number of nitrogens with zero attached hydrogens (tertiary/aromatic N) is 1. The smallest absolute Gasteiger partial charge is 0.251 e. The fraction of sp³-hybridized carbons (Fsp3) is 0.375. The van der Waals surface area contributed by atoms with E-state index in [2.05, 4.69) is 5.32 Å². The number of amides is 2. The summed E-state index contributed by atoms with van der Waals surface area (Å²) in [5.74, 6) is -0.172. The summed E-state index contributed by atoms with van der Waals surface area (Å²) < 4.78 is 29.0. The number of carbonyl (C=O) groups is 2. The van der Waals surface area contributed by atoms with Crippen molar-refractivity contribution in [2.24, 2.45) is 5.73 Å². The molecule has 1 aliphatic rings. The Hall–Kier alpha value is -2.17. The van der Waals surface area contributed by atoms with E-state index < -0.39 is 15.7 Å². The molecule has 0 bridgehead atoms. The van der Waals surface area contributed by atoms with Crippen molar-refractivity contribution in [1.29, 1.82) is 0 Å². The number of thiophene rings is 1. The molecule has 0 saturated carbocycles. The van der Waals surface area contributed by atoms with Crippen molar-refractivity contribution in [3.8, 4) is 0 Å². The highest BCUT2D eigenvalue weighted by Crippen LogP contribution is 2.24. The Balaban J connectivity index is 1.71. The maximum Gasteiger partial charge on any atom is 0.251 e. The summed E-state index contributed by atoms with van der Waals surface area (Å²) in [6.45, 7) is 0.310. The monoisotopic (exact) mass is 397 g/mol. The molecule has 0 radical (unpaired) electrons. The van der Waals surface area contributed by atoms with Crippen molar-refractivity contribution in [3.63, 3.8) is 0 Å². The van der Waals surface area contributed by atoms with Gasteiger partial charge < -0.3 is 15.5 Å². The summed E-state index contributed by atoms with van der Waals surface area (Å²) in [7, 11) is -3.09. The third-order valence-electron chi connectivity index (χ3n) is 4.19. The molecule has 8 nitrogen and oxygen atoms in total. The normalized spacial score (nSPS) is 18.9. The summed E-state index contributed by atoms with van der Waals surface area (Å²) in [6, 6.07) is 4.81. The van der Waals surface area contributed by atoms with Gasteiger partial charge in [-0.1, -0.05) is 0 Å². The Morgan fingerprint density at radius 1 is 1.38 bits per heavy atom. The molecule has 140 valence electrons. The summed E-state index contributed by atoms with van der Waals surface area (Å²) >= 11 is 1.20. The van der Waals surface area contributed by atoms with E-state index in [1.165, 1.54) is 17.6 Å². The molecule has 3 heterocycles. The highest BCUT2D eigenvalue weighted by atomic mass is 32.2. The third-order valence-corrected chi connectivity index (χ3v) is 6.77. The molecule has 0 aliphatic carbocycles. The van der Waals surface area contributed by atoms with Gasteiger partial charge in [-0.05, 0) is 30.0 Å². The lowest BCUT2D eigenvalue weighted by Gasteiger charge is -2.26. The molecule has 3 N–H and O–H groups in total. The van der Waals surface area contributed by atoms with Crippen LogP contribution in [0.15, 0.2) is 34.3 Å². The minimum atomic E-state index is -3.09. The lowest BCUT2D eigenvalue weighted by Crippen LogP contribution is -2.41. The standard InChI is InChI=1S/C16H19N3O5S2/c17-15(21)13-3-6-25-16(13)18-14(20)9-19(8-12-2-1-5-24-12)11-4-7-26(22,23)10-11/h1-3,5-6,11H,4,7-10H2,(H2,17,21)(H,18,20)/t11-/m1/s1. The van der Waals surface area contributed by atoms with E-state index in [4.69, 9.17) is 10.2 Å². The van der Waals surface area contributed by atoms with E-state index in [1.54, 1.807) is 28.5 Å². The van der Waals surface area contributed by atoms with Crippen LogP contribution in [-0.2, 0) is 21.2 Å². The van der Waals surface area contributed by atoms with Gasteiger partial charge >= 0.3 is 0 Å². The summed E-state index contributed by atoms with van der Waals surface area (Å²) in [5, 5.41) is 4.74. The summed E-state index contributed by atoms with van der Waals surface area (Å²) in [5.41, 5.74) is 5.54. The number of furan rings is 1. The number of nitrogens with one attached hydrogen (secondary N) is 1. The summed E-state index contributed by atoms with van der Waals surface area (Å²) in [4.78, 5) is 25.6. The average molecular weight is 397 g/mol. The maximum absolute atomic E-state index is 12.5. The fourth-order valence-corrected chi connectivity index (χ4v) is 5.50. The minimum absolute atomic E-state index is 0.0169. The second-order valence-electron chi connectivity index (χ2n) is 6.12. The minimum Gasteiger partial charge on any atom is -0.468 e. The van der Waals surface area contributed by atoms with Gasteiger partial charge in [0.15, 0.2) is 9.84 Å². The topological polar surface area (TPSA) is 123 Å². The van der Waals surface area contributed by atoms with Gasteiger partial charge in [-0.25, -0.2) is 8.42 Å². The first kappa shape index (κ1) is 18.6. The van der Waals surface area contributed by atoms with Crippen molar-refractivity contribution in [1.82, 2.24) is 4.90 Å². The van der Waals surface area contributed by atoms with Gasteiger partial charge in [0.2, 0.25) is 5.91 Å². The first-order chi connectivity index (χ1) is 12.3. The van der Waals surface area contributed by atoms with Crippen LogP contribution in [0, 0.1) is 0 Å². The van der Waals surface area contributed by atoms with E-state index in [9.17, 15) is 18.0 Å². The Labute approximate surface area is 154 Å². The van der Waals surface area contributed by atoms with E-state index in [-0.39, 0.29) is 35.6 Å². The van der Waals surface area contributed by atoms with E-state index in [1.807, 2.05) is 0 Å². The molecule has 2 aromatic heterocycles. The number of rotatable bonds is 7. The number of sulfone groups is 1. The Morgan fingerprint density at radius 2 is 2.19 bits per heavy atom. The molecule has 2 aromatic rings. The van der Waals surface area contributed by atoms with E-state index >= 15 is 0 Å². The van der Waals surface area contributed by atoms with Crippen LogP contribution in [0.1, 0.15) is 22.5 Å². The van der Waals surface area contributed by atoms with Gasteiger partial charge in [0.25, 0.3) is 5.91 Å². The van der Waals surface area contributed by atoms with Crippen molar-refractivity contribution in [3.05, 3.63) is 41.2 Å². The SMILES string of the molecule is NC(=O)c1ccsc1NC(=O)CN(Cc1ccco1)[C@@H]1CCS(=O)(=O)C1. The number of hydrogen-bond acceptors (Lipinski definition) is 7. The van der Waals surface area contributed by atoms with Crippen LogP contribution in [-0.4, -0.2) is 49.2 Å². The van der Waals surface area contributed by atoms with Crippen LogP contribution in [0.25, 0.3) is 0 Å². The molecule has 10 heteroatoms. The van der Waals surface area contributed by atoms with Gasteiger partial charge in [-0.2, -0.15) is 0 Å². The van der Waals surface area contributed by atoms with Gasteiger partial charge in [0, 0.05) is 6.04 Å². The zero-order valence-corrected chi connectivity index (χ0v) is 15.5. The average Bonchev–Trinajstić information content (AvgIpc) is 3.27. The van der Waals surface area contributed by atoms with Crippen LogP contribution in [0.3, 0.4) is 0 Å². The molecule has 26 heavy (non-hydrogen) atoms. The van der Waals surface area contributed by atoms with Crippen molar-refractivity contribution in [2.75, 3.05) is 23.4 Å². The zero-order chi connectivity index (χ0) is 18.7. The van der Waals surface area contributed by atoms with Crippen LogP contribution >= 0.6 is 11.3 Å². The van der Waals surface area contributed by atoms with Crippen molar-refractivity contribution in [2.45, 2.75) is 19.0 Å². The molecule has 3 rings (SSSR count). The van der Waals surface area contributed by atoms with E-state index in [0.29, 0.717) is 23.7 Å². The molecule has 0 aromatic carbocycles. The first-order valence-electron chi connectivity index (χ1n) is 7.98. The van der Waals surface area contributed by atoms with Crippen LogP contribution in [0.5, 0.6) is 0 Å². The Kier molecular flexibility index (Phi) is 5.44. The Morgan fingerprint density at radius 3 is 2.81 bits per heavy atom. The maximum atomic E-state index is 12.5. The predicted molar refractivity (Wildman–Crippen MR) is 97.6 cm³/mol. The molecule has 0 spiro atoms. The molecule has 0 unspecified atom stereocenters. The lowest BCUT2D eigenvalue weighted by molar-refractivity contribution is -0.118. The van der Waals surface area contributed by atoms with Gasteiger partial charge in [-0.3, -0.25) is 14.5 Å². The molecule has 2 amide bonds. The molecule has 1 atom stereocenters. The first-order valence-corrected chi connectivity index (χ1v) is 10.7. The zero-order valence-electron chi connectivity index (χ0n) is 13.9. The van der Waals surface area contributed by atoms with Gasteiger partial charge in [-0.15, -0.1) is 11.3 Å². The Bertz CT molecular complexity index is 889. The van der Waals surface area contributed by atoms with Crippen molar-refractivity contribution < 1.29 is 22.4 Å². The highest BCUT2D eigenvalue weighted by Gasteiger charge is 2.33.